The predicted octanol–water partition coefficient (Wildman–Crippen LogP) is 2.92. The topological polar surface area (TPSA) is 17.1 Å². The van der Waals surface area contributed by atoms with Crippen LogP contribution in [-0.2, 0) is 4.79 Å². The van der Waals surface area contributed by atoms with Gasteiger partial charge in [0.1, 0.15) is 5.38 Å². The molecule has 0 radical (unpaired) electrons. The van der Waals surface area contributed by atoms with Crippen molar-refractivity contribution in [3.8, 4) is 0 Å². The molecule has 0 bridgehead atoms. The van der Waals surface area contributed by atoms with Crippen molar-refractivity contribution in [3.05, 3.63) is 23.8 Å². The zero-order chi connectivity index (χ0) is 10.2. The molecule has 0 spiro atoms. The summed E-state index contributed by atoms with van der Waals surface area (Å²) in [5, 5.41) is -0.761. The highest BCUT2D eigenvalue weighted by Crippen LogP contribution is 2.33. The van der Waals surface area contributed by atoms with Crippen molar-refractivity contribution >= 4 is 29.0 Å². The van der Waals surface area contributed by atoms with Crippen molar-refractivity contribution in [1.82, 2.24) is 0 Å². The van der Waals surface area contributed by atoms with Crippen LogP contribution in [0.15, 0.2) is 23.8 Å². The number of rotatable bonds is 1. The highest BCUT2D eigenvalue weighted by Gasteiger charge is 2.36. The number of hydrogen-bond acceptors (Lipinski definition) is 1. The Balaban J connectivity index is 3.02. The molecule has 0 fully saturated rings. The first-order valence-corrected chi connectivity index (χ1v) is 4.98. The van der Waals surface area contributed by atoms with E-state index < -0.39 is 5.38 Å². The lowest BCUT2D eigenvalue weighted by atomic mass is 9.84. The zero-order valence-electron chi connectivity index (χ0n) is 7.68. The molecule has 0 aromatic carbocycles. The summed E-state index contributed by atoms with van der Waals surface area (Å²) in [4.78, 5) is 11.5. The van der Waals surface area contributed by atoms with E-state index in [-0.39, 0.29) is 17.1 Å². The number of alkyl halides is 2. The first kappa shape index (κ1) is 10.8. The van der Waals surface area contributed by atoms with E-state index in [1.54, 1.807) is 13.0 Å². The maximum Gasteiger partial charge on any atom is 0.176 e. The van der Waals surface area contributed by atoms with Gasteiger partial charge in [0, 0.05) is 5.92 Å². The van der Waals surface area contributed by atoms with Crippen molar-refractivity contribution in [1.29, 1.82) is 0 Å². The molecule has 0 heterocycles. The fourth-order valence-corrected chi connectivity index (χ4v) is 2.66. The fraction of sp³-hybridized carbons (Fsp3) is 0.500. The monoisotopic (exact) mass is 218 g/mol. The summed E-state index contributed by atoms with van der Waals surface area (Å²) in [6.45, 7) is 7.37. The molecule has 1 aliphatic carbocycles. The fourth-order valence-electron chi connectivity index (χ4n) is 1.49. The summed E-state index contributed by atoms with van der Waals surface area (Å²) < 4.78 is 0. The lowest BCUT2D eigenvalue weighted by molar-refractivity contribution is -0.116. The standard InChI is InChI=1S/C10H12Cl2O/c1-5(2)8-7(11)4-6(3)10(13)9(8)12/h4,7-9H,1H2,2-3H3. The molecule has 3 unspecified atom stereocenters. The second-order valence-corrected chi connectivity index (χ2v) is 4.41. The van der Waals surface area contributed by atoms with Crippen LogP contribution in [0.4, 0.5) is 0 Å². The summed E-state index contributed by atoms with van der Waals surface area (Å²) >= 11 is 12.0. The van der Waals surface area contributed by atoms with Gasteiger partial charge in [-0.25, -0.2) is 0 Å². The van der Waals surface area contributed by atoms with Gasteiger partial charge in [0.15, 0.2) is 5.78 Å². The van der Waals surface area contributed by atoms with Gasteiger partial charge in [-0.3, -0.25) is 4.79 Å². The number of carbonyl (C=O) groups excluding carboxylic acids is 1. The first-order valence-electron chi connectivity index (χ1n) is 4.11. The number of Topliss-reactive ketones (excluding diaryl/α,β-unsaturated/α-hetero) is 1. The summed E-state index contributed by atoms with van der Waals surface area (Å²) in [7, 11) is 0. The quantitative estimate of drug-likeness (QED) is 0.489. The lowest BCUT2D eigenvalue weighted by Crippen LogP contribution is -2.35. The van der Waals surface area contributed by atoms with Crippen LogP contribution in [0.2, 0.25) is 0 Å². The van der Waals surface area contributed by atoms with Gasteiger partial charge in [-0.15, -0.1) is 23.2 Å². The van der Waals surface area contributed by atoms with Crippen LogP contribution in [0.25, 0.3) is 0 Å². The molecule has 13 heavy (non-hydrogen) atoms. The Morgan fingerprint density at radius 3 is 2.54 bits per heavy atom. The molecule has 1 nitrogen and oxygen atoms in total. The molecule has 0 amide bonds. The van der Waals surface area contributed by atoms with E-state index >= 15 is 0 Å². The lowest BCUT2D eigenvalue weighted by Gasteiger charge is -2.29. The molecule has 0 N–H and O–H groups in total. The van der Waals surface area contributed by atoms with E-state index in [0.717, 1.165) is 5.57 Å². The average Bonchev–Trinajstić information content (AvgIpc) is 1.99. The van der Waals surface area contributed by atoms with E-state index in [2.05, 4.69) is 6.58 Å². The van der Waals surface area contributed by atoms with Crippen LogP contribution in [0.5, 0.6) is 0 Å². The summed E-state index contributed by atoms with van der Waals surface area (Å²) in [6, 6.07) is 0. The first-order chi connectivity index (χ1) is 5.95. The summed E-state index contributed by atoms with van der Waals surface area (Å²) in [6.07, 6.45) is 1.75. The summed E-state index contributed by atoms with van der Waals surface area (Å²) in [5.74, 6) is -0.175. The van der Waals surface area contributed by atoms with E-state index in [9.17, 15) is 4.79 Å². The third-order valence-corrected chi connectivity index (χ3v) is 3.14. The van der Waals surface area contributed by atoms with Gasteiger partial charge >= 0.3 is 0 Å². The molecule has 0 aromatic heterocycles. The molecule has 3 heteroatoms. The Morgan fingerprint density at radius 2 is 2.08 bits per heavy atom. The largest absolute Gasteiger partial charge is 0.293 e. The molecule has 72 valence electrons. The third-order valence-electron chi connectivity index (χ3n) is 2.28. The minimum atomic E-state index is -0.551. The van der Waals surface area contributed by atoms with Crippen molar-refractivity contribution in [2.45, 2.75) is 24.6 Å². The molecular weight excluding hydrogens is 207 g/mol. The number of halogens is 2. The van der Waals surface area contributed by atoms with Crippen LogP contribution in [0, 0.1) is 5.92 Å². The number of carbonyl (C=O) groups is 1. The van der Waals surface area contributed by atoms with Crippen LogP contribution in [0.3, 0.4) is 0 Å². The second kappa shape index (κ2) is 3.85. The van der Waals surface area contributed by atoms with Gasteiger partial charge in [0.25, 0.3) is 0 Å². The maximum absolute atomic E-state index is 11.5. The van der Waals surface area contributed by atoms with Crippen molar-refractivity contribution < 1.29 is 4.79 Å². The van der Waals surface area contributed by atoms with Crippen LogP contribution in [0.1, 0.15) is 13.8 Å². The Morgan fingerprint density at radius 1 is 1.54 bits per heavy atom. The summed E-state index contributed by atoms with van der Waals surface area (Å²) in [5.41, 5.74) is 1.51. The number of allylic oxidation sites excluding steroid dienone is 3. The molecule has 0 saturated heterocycles. The number of ketones is 1. The van der Waals surface area contributed by atoms with Gasteiger partial charge in [0.2, 0.25) is 0 Å². The molecule has 0 aromatic rings. The van der Waals surface area contributed by atoms with Crippen LogP contribution < -0.4 is 0 Å². The van der Waals surface area contributed by atoms with Crippen molar-refractivity contribution in [2.75, 3.05) is 0 Å². The van der Waals surface area contributed by atoms with Gasteiger partial charge in [-0.2, -0.15) is 0 Å². The van der Waals surface area contributed by atoms with Gasteiger partial charge in [0.05, 0.1) is 5.38 Å². The van der Waals surface area contributed by atoms with E-state index in [0.29, 0.717) is 5.57 Å². The molecule has 0 saturated carbocycles. The van der Waals surface area contributed by atoms with E-state index in [1.807, 2.05) is 6.92 Å². The average molecular weight is 219 g/mol. The highest BCUT2D eigenvalue weighted by atomic mass is 35.5. The van der Waals surface area contributed by atoms with Gasteiger partial charge in [-0.1, -0.05) is 18.2 Å². The van der Waals surface area contributed by atoms with Crippen LogP contribution in [-0.4, -0.2) is 16.5 Å². The highest BCUT2D eigenvalue weighted by molar-refractivity contribution is 6.36. The predicted molar refractivity (Wildman–Crippen MR) is 56.4 cm³/mol. The van der Waals surface area contributed by atoms with Crippen molar-refractivity contribution in [2.24, 2.45) is 5.92 Å². The normalized spacial score (nSPS) is 34.3. The Labute approximate surface area is 88.4 Å². The van der Waals surface area contributed by atoms with Gasteiger partial charge < -0.3 is 0 Å². The zero-order valence-corrected chi connectivity index (χ0v) is 9.19. The molecular formula is C10H12Cl2O. The third kappa shape index (κ3) is 1.97. The van der Waals surface area contributed by atoms with E-state index in [4.69, 9.17) is 23.2 Å². The van der Waals surface area contributed by atoms with Crippen LogP contribution >= 0.6 is 23.2 Å². The Hall–Kier alpha value is -0.270. The van der Waals surface area contributed by atoms with Crippen molar-refractivity contribution in [3.63, 3.8) is 0 Å². The second-order valence-electron chi connectivity index (χ2n) is 3.43. The SMILES string of the molecule is C=C(C)C1C(Cl)C=C(C)C(=O)C1Cl. The minimum Gasteiger partial charge on any atom is -0.293 e. The maximum atomic E-state index is 11.5. The minimum absolute atomic E-state index is 0.0356. The Bertz CT molecular complexity index is 281. The smallest absolute Gasteiger partial charge is 0.176 e. The van der Waals surface area contributed by atoms with E-state index in [1.165, 1.54) is 0 Å². The Kier molecular flexibility index (Phi) is 3.20. The molecule has 3 atom stereocenters. The molecule has 1 aliphatic rings. The van der Waals surface area contributed by atoms with Gasteiger partial charge in [-0.05, 0) is 19.4 Å². The number of hydrogen-bond donors (Lipinski definition) is 0. The molecule has 1 rings (SSSR count). The molecule has 0 aliphatic heterocycles.